The van der Waals surface area contributed by atoms with Gasteiger partial charge in [0.25, 0.3) is 0 Å². The average molecular weight is 608 g/mol. The van der Waals surface area contributed by atoms with Gasteiger partial charge in [-0.2, -0.15) is 0 Å². The van der Waals surface area contributed by atoms with Crippen molar-refractivity contribution in [3.8, 4) is 0 Å². The van der Waals surface area contributed by atoms with E-state index in [1.165, 1.54) is 25.1 Å². The maximum atomic E-state index is 15.1. The van der Waals surface area contributed by atoms with E-state index in [1.54, 1.807) is 21.9 Å². The molecule has 0 aromatic heterocycles. The Morgan fingerprint density at radius 3 is 2.45 bits per heavy atom. The van der Waals surface area contributed by atoms with E-state index in [0.29, 0.717) is 36.9 Å². The van der Waals surface area contributed by atoms with Crippen LogP contribution in [0.5, 0.6) is 0 Å². The second-order valence-electron chi connectivity index (χ2n) is 11.8. The molecule has 7 nitrogen and oxygen atoms in total. The summed E-state index contributed by atoms with van der Waals surface area (Å²) in [5, 5.41) is 10.3. The quantitative estimate of drug-likeness (QED) is 0.500. The molecule has 11 heteroatoms. The minimum Gasteiger partial charge on any atom is -0.480 e. The molecule has 3 aliphatic rings. The minimum absolute atomic E-state index is 0.00338. The van der Waals surface area contributed by atoms with Crippen LogP contribution in [0.25, 0.3) is 0 Å². The molecule has 0 unspecified atom stereocenters. The molecule has 3 fully saturated rings. The Bertz CT molecular complexity index is 1320. The number of carboxylic acids is 1. The maximum Gasteiger partial charge on any atom is 0.321 e. The lowest BCUT2D eigenvalue weighted by atomic mass is 9.87. The predicted octanol–water partition coefficient (Wildman–Crippen LogP) is 4.49. The smallest absolute Gasteiger partial charge is 0.321 e. The van der Waals surface area contributed by atoms with E-state index in [4.69, 9.17) is 16.3 Å². The van der Waals surface area contributed by atoms with Gasteiger partial charge in [-0.3, -0.25) is 19.4 Å². The van der Waals surface area contributed by atoms with E-state index in [1.807, 2.05) is 6.92 Å². The number of ether oxygens (including phenoxy) is 1. The van der Waals surface area contributed by atoms with Crippen LogP contribution in [0.2, 0.25) is 5.02 Å². The summed E-state index contributed by atoms with van der Waals surface area (Å²) in [5.41, 5.74) is 0.628. The number of rotatable bonds is 7. The van der Waals surface area contributed by atoms with Crippen LogP contribution >= 0.6 is 11.6 Å². The number of hydrogen-bond acceptors (Lipinski definition) is 5. The SMILES string of the molecule is Cc1ccc(C[C@@H](C(=O)O)N2CCN(C(=O)[C@@H]3CN(C4CCOCC4)C[C@H]3c3ccc(Cl)cc3F)[C@@H](C)C2)c(F)c1F. The van der Waals surface area contributed by atoms with Crippen molar-refractivity contribution < 1.29 is 32.6 Å². The van der Waals surface area contributed by atoms with E-state index in [-0.39, 0.29) is 61.1 Å². The normalized spacial score (nSPS) is 25.1. The first-order valence-corrected chi connectivity index (χ1v) is 14.9. The van der Waals surface area contributed by atoms with E-state index in [9.17, 15) is 23.5 Å². The van der Waals surface area contributed by atoms with Gasteiger partial charge in [-0.15, -0.1) is 0 Å². The van der Waals surface area contributed by atoms with Crippen LogP contribution in [0.15, 0.2) is 30.3 Å². The summed E-state index contributed by atoms with van der Waals surface area (Å²) in [6.45, 7) is 6.47. The minimum atomic E-state index is -1.14. The number of likely N-dealkylation sites (tertiary alicyclic amines) is 1. The summed E-state index contributed by atoms with van der Waals surface area (Å²) in [5.74, 6) is -4.48. The number of carboxylic acid groups (broad SMARTS) is 1. The van der Waals surface area contributed by atoms with E-state index in [0.717, 1.165) is 12.8 Å². The first-order valence-electron chi connectivity index (χ1n) is 14.5. The van der Waals surface area contributed by atoms with Gasteiger partial charge in [-0.05, 0) is 55.5 Å². The molecule has 0 bridgehead atoms. The standard InChI is InChI=1S/C31H37ClF3N3O4/c1-18-3-4-20(29(35)28(18)34)13-27(31(40)41)36-9-10-38(19(2)15-36)30(39)25-17-37(22-7-11-42-12-8-22)16-24(25)23-6-5-21(32)14-26(23)33/h3-6,14,19,22,24-25,27H,7-13,15-17H2,1-2H3,(H,40,41)/t19-,24-,25+,27-/m0/s1. The fraction of sp³-hybridized carbons (Fsp3) is 0.548. The average Bonchev–Trinajstić information content (AvgIpc) is 3.41. The molecule has 228 valence electrons. The molecule has 2 aromatic carbocycles. The largest absolute Gasteiger partial charge is 0.480 e. The second-order valence-corrected chi connectivity index (χ2v) is 12.2. The number of halogens is 4. The van der Waals surface area contributed by atoms with Gasteiger partial charge < -0.3 is 14.7 Å². The molecular weight excluding hydrogens is 571 g/mol. The Labute approximate surface area is 249 Å². The fourth-order valence-electron chi connectivity index (χ4n) is 6.78. The number of piperazine rings is 1. The summed E-state index contributed by atoms with van der Waals surface area (Å²) >= 11 is 6.02. The summed E-state index contributed by atoms with van der Waals surface area (Å²) in [7, 11) is 0. The van der Waals surface area contributed by atoms with E-state index >= 15 is 4.39 Å². The Morgan fingerprint density at radius 2 is 1.79 bits per heavy atom. The van der Waals surface area contributed by atoms with Gasteiger partial charge in [0, 0.05) is 75.4 Å². The molecule has 2 aromatic rings. The molecule has 42 heavy (non-hydrogen) atoms. The number of amides is 1. The van der Waals surface area contributed by atoms with Crippen LogP contribution in [0.4, 0.5) is 13.2 Å². The van der Waals surface area contributed by atoms with Gasteiger partial charge in [0.1, 0.15) is 11.9 Å². The fourth-order valence-corrected chi connectivity index (χ4v) is 6.94. The number of benzene rings is 2. The zero-order valence-corrected chi connectivity index (χ0v) is 24.6. The van der Waals surface area contributed by atoms with Crippen molar-refractivity contribution in [3.05, 3.63) is 69.5 Å². The molecule has 3 saturated heterocycles. The van der Waals surface area contributed by atoms with Gasteiger partial charge in [0.05, 0.1) is 5.92 Å². The highest BCUT2D eigenvalue weighted by atomic mass is 35.5. The number of aryl methyl sites for hydroxylation is 1. The van der Waals surface area contributed by atoms with Gasteiger partial charge in [-0.25, -0.2) is 13.2 Å². The van der Waals surface area contributed by atoms with Crippen LogP contribution in [-0.4, -0.2) is 95.7 Å². The summed E-state index contributed by atoms with van der Waals surface area (Å²) in [4.78, 5) is 32.1. The highest BCUT2D eigenvalue weighted by Crippen LogP contribution is 2.39. The molecule has 0 spiro atoms. The molecule has 4 atom stereocenters. The number of nitrogens with zero attached hydrogens (tertiary/aromatic N) is 3. The Morgan fingerprint density at radius 1 is 1.05 bits per heavy atom. The summed E-state index contributed by atoms with van der Waals surface area (Å²) < 4.78 is 49.4. The molecule has 5 rings (SSSR count). The molecular formula is C31H37ClF3N3O4. The molecule has 3 heterocycles. The molecule has 0 aliphatic carbocycles. The molecule has 3 aliphatic heterocycles. The number of carbonyl (C=O) groups is 2. The van der Waals surface area contributed by atoms with Crippen LogP contribution in [0.3, 0.4) is 0 Å². The Hall–Kier alpha value is -2.66. The Kier molecular flexibility index (Phi) is 9.47. The van der Waals surface area contributed by atoms with Crippen molar-refractivity contribution in [3.63, 3.8) is 0 Å². The zero-order chi connectivity index (χ0) is 30.1. The third kappa shape index (κ3) is 6.32. The van der Waals surface area contributed by atoms with Crippen LogP contribution in [0.1, 0.15) is 42.4 Å². The van der Waals surface area contributed by atoms with Crippen molar-refractivity contribution in [2.45, 2.75) is 57.2 Å². The molecule has 1 amide bonds. The lowest BCUT2D eigenvalue weighted by molar-refractivity contribution is -0.147. The molecule has 0 radical (unpaired) electrons. The highest BCUT2D eigenvalue weighted by Gasteiger charge is 2.45. The molecule has 0 saturated carbocycles. The van der Waals surface area contributed by atoms with Gasteiger partial charge >= 0.3 is 5.97 Å². The Balaban J connectivity index is 1.32. The van der Waals surface area contributed by atoms with Gasteiger partial charge in [-0.1, -0.05) is 29.8 Å². The van der Waals surface area contributed by atoms with Crippen molar-refractivity contribution in [1.29, 1.82) is 0 Å². The lowest BCUT2D eigenvalue weighted by Gasteiger charge is -2.43. The van der Waals surface area contributed by atoms with Crippen LogP contribution in [-0.2, 0) is 20.7 Å². The van der Waals surface area contributed by atoms with Crippen LogP contribution in [0, 0.1) is 30.3 Å². The summed E-state index contributed by atoms with van der Waals surface area (Å²) in [6, 6.07) is 6.31. The third-order valence-corrected chi connectivity index (χ3v) is 9.41. The number of carbonyl (C=O) groups excluding carboxylic acids is 1. The topological polar surface area (TPSA) is 73.3 Å². The lowest BCUT2D eigenvalue weighted by Crippen LogP contribution is -2.59. The number of hydrogen-bond donors (Lipinski definition) is 1. The number of aliphatic carboxylic acids is 1. The van der Waals surface area contributed by atoms with Crippen LogP contribution < -0.4 is 0 Å². The van der Waals surface area contributed by atoms with Crippen molar-refractivity contribution in [2.24, 2.45) is 5.92 Å². The van der Waals surface area contributed by atoms with Gasteiger partial charge in [0.15, 0.2) is 11.6 Å². The van der Waals surface area contributed by atoms with E-state index in [2.05, 4.69) is 4.90 Å². The predicted molar refractivity (Wildman–Crippen MR) is 152 cm³/mol. The van der Waals surface area contributed by atoms with E-state index < -0.39 is 35.4 Å². The first kappa shape index (κ1) is 30.8. The van der Waals surface area contributed by atoms with Gasteiger partial charge in [0.2, 0.25) is 5.91 Å². The zero-order valence-electron chi connectivity index (χ0n) is 23.9. The van der Waals surface area contributed by atoms with Crippen molar-refractivity contribution >= 4 is 23.5 Å². The van der Waals surface area contributed by atoms with Crippen molar-refractivity contribution in [1.82, 2.24) is 14.7 Å². The monoisotopic (exact) mass is 607 g/mol. The summed E-state index contributed by atoms with van der Waals surface area (Å²) in [6.07, 6.45) is 1.52. The second kappa shape index (κ2) is 12.9. The first-order chi connectivity index (χ1) is 20.0. The van der Waals surface area contributed by atoms with Crippen molar-refractivity contribution in [2.75, 3.05) is 45.9 Å². The highest BCUT2D eigenvalue weighted by molar-refractivity contribution is 6.30. The maximum absolute atomic E-state index is 15.1. The third-order valence-electron chi connectivity index (χ3n) is 9.17. The molecule has 1 N–H and O–H groups in total.